The van der Waals surface area contributed by atoms with Crippen molar-refractivity contribution < 1.29 is 9.18 Å². The van der Waals surface area contributed by atoms with Gasteiger partial charge in [-0.05, 0) is 18.2 Å². The molecule has 1 aromatic carbocycles. The first-order chi connectivity index (χ1) is 7.09. The molecule has 0 aliphatic carbocycles. The molecule has 0 bridgehead atoms. The van der Waals surface area contributed by atoms with Crippen molar-refractivity contribution >= 4 is 23.4 Å². The second kappa shape index (κ2) is 5.60. The van der Waals surface area contributed by atoms with Crippen molar-refractivity contribution in [2.75, 3.05) is 18.0 Å². The van der Waals surface area contributed by atoms with E-state index in [0.29, 0.717) is 22.9 Å². The maximum absolute atomic E-state index is 13.2. The number of amides is 1. The number of rotatable bonds is 4. The van der Waals surface area contributed by atoms with E-state index in [0.717, 1.165) is 0 Å². The first kappa shape index (κ1) is 11.8. The van der Waals surface area contributed by atoms with E-state index in [1.54, 1.807) is 12.1 Å². The molecule has 0 saturated heterocycles. The van der Waals surface area contributed by atoms with Crippen LogP contribution in [-0.2, 0) is 4.79 Å². The number of thioether (sulfide) groups is 1. The van der Waals surface area contributed by atoms with Crippen LogP contribution in [0.4, 0.5) is 10.1 Å². The van der Waals surface area contributed by atoms with Crippen molar-refractivity contribution in [3.8, 4) is 0 Å². The minimum absolute atomic E-state index is 0.0756. The topological polar surface area (TPSA) is 55.1 Å². The number of anilines is 1. The Bertz CT molecular complexity index is 357. The van der Waals surface area contributed by atoms with Crippen molar-refractivity contribution in [1.82, 2.24) is 5.32 Å². The number of halogens is 1. The summed E-state index contributed by atoms with van der Waals surface area (Å²) in [6.07, 6.45) is 0. The summed E-state index contributed by atoms with van der Waals surface area (Å²) in [6, 6.07) is 4.59. The van der Waals surface area contributed by atoms with Gasteiger partial charge in [0, 0.05) is 29.8 Å². The van der Waals surface area contributed by atoms with Crippen molar-refractivity contribution in [2.24, 2.45) is 0 Å². The molecule has 0 atom stereocenters. The van der Waals surface area contributed by atoms with Gasteiger partial charge in [-0.1, -0.05) is 0 Å². The molecule has 15 heavy (non-hydrogen) atoms. The molecule has 0 heterocycles. The molecule has 3 nitrogen and oxygen atoms in total. The summed E-state index contributed by atoms with van der Waals surface area (Å²) >= 11 is 1.35. The molecular weight excluding hydrogens is 215 g/mol. The van der Waals surface area contributed by atoms with Gasteiger partial charge in [0.1, 0.15) is 5.82 Å². The van der Waals surface area contributed by atoms with E-state index in [1.165, 1.54) is 24.8 Å². The summed E-state index contributed by atoms with van der Waals surface area (Å²) in [6.45, 7) is 1.98. The van der Waals surface area contributed by atoms with Crippen LogP contribution in [0, 0.1) is 5.82 Å². The summed E-state index contributed by atoms with van der Waals surface area (Å²) in [5.41, 5.74) is 5.83. The molecule has 0 aliphatic rings. The molecule has 0 aromatic heterocycles. The van der Waals surface area contributed by atoms with Gasteiger partial charge < -0.3 is 11.1 Å². The summed E-state index contributed by atoms with van der Waals surface area (Å²) in [5.74, 6) is 0.247. The Balaban J connectivity index is 2.40. The summed E-state index contributed by atoms with van der Waals surface area (Å²) in [5, 5.41) is 2.64. The van der Waals surface area contributed by atoms with Crippen molar-refractivity contribution in [3.63, 3.8) is 0 Å². The quantitative estimate of drug-likeness (QED) is 0.468. The maximum Gasteiger partial charge on any atom is 0.216 e. The van der Waals surface area contributed by atoms with Gasteiger partial charge in [-0.2, -0.15) is 0 Å². The Labute approximate surface area is 92.2 Å². The molecule has 5 heteroatoms. The molecule has 0 unspecified atom stereocenters. The first-order valence-corrected chi connectivity index (χ1v) is 5.50. The van der Waals surface area contributed by atoms with E-state index < -0.39 is 0 Å². The lowest BCUT2D eigenvalue weighted by Gasteiger charge is -2.04. The average Bonchev–Trinajstić information content (AvgIpc) is 2.14. The van der Waals surface area contributed by atoms with E-state index in [9.17, 15) is 9.18 Å². The highest BCUT2D eigenvalue weighted by atomic mass is 32.2. The second-order valence-corrected chi connectivity index (χ2v) is 4.16. The van der Waals surface area contributed by atoms with E-state index in [-0.39, 0.29) is 11.7 Å². The fourth-order valence-corrected chi connectivity index (χ4v) is 1.81. The third-order valence-electron chi connectivity index (χ3n) is 1.69. The smallest absolute Gasteiger partial charge is 0.216 e. The fraction of sp³-hybridized carbons (Fsp3) is 0.300. The van der Waals surface area contributed by atoms with Crippen LogP contribution in [0.2, 0.25) is 0 Å². The van der Waals surface area contributed by atoms with Crippen LogP contribution in [-0.4, -0.2) is 18.2 Å². The SMILES string of the molecule is CC(=O)NCCSc1ccc(N)cc1F. The van der Waals surface area contributed by atoms with Crippen LogP contribution in [0.3, 0.4) is 0 Å². The van der Waals surface area contributed by atoms with Crippen LogP contribution >= 0.6 is 11.8 Å². The number of hydrogen-bond donors (Lipinski definition) is 2. The largest absolute Gasteiger partial charge is 0.399 e. The minimum atomic E-state index is -0.317. The molecule has 82 valence electrons. The Morgan fingerprint density at radius 2 is 2.33 bits per heavy atom. The van der Waals surface area contributed by atoms with Crippen LogP contribution in [0.25, 0.3) is 0 Å². The highest BCUT2D eigenvalue weighted by molar-refractivity contribution is 7.99. The monoisotopic (exact) mass is 228 g/mol. The zero-order chi connectivity index (χ0) is 11.3. The van der Waals surface area contributed by atoms with Crippen molar-refractivity contribution in [2.45, 2.75) is 11.8 Å². The molecule has 0 saturated carbocycles. The number of nitrogens with two attached hydrogens (primary N) is 1. The number of benzene rings is 1. The normalized spacial score (nSPS) is 10.0. The lowest BCUT2D eigenvalue weighted by molar-refractivity contribution is -0.118. The molecule has 3 N–H and O–H groups in total. The number of carbonyl (C=O) groups is 1. The number of hydrogen-bond acceptors (Lipinski definition) is 3. The predicted octanol–water partition coefficient (Wildman–Crippen LogP) is 1.64. The third kappa shape index (κ3) is 4.20. The van der Waals surface area contributed by atoms with Gasteiger partial charge in [0.25, 0.3) is 0 Å². The Morgan fingerprint density at radius 1 is 1.60 bits per heavy atom. The van der Waals surface area contributed by atoms with Crippen LogP contribution in [0.5, 0.6) is 0 Å². The van der Waals surface area contributed by atoms with Gasteiger partial charge in [0.05, 0.1) is 0 Å². The molecule has 0 fully saturated rings. The highest BCUT2D eigenvalue weighted by Gasteiger charge is 2.02. The second-order valence-electron chi connectivity index (χ2n) is 3.02. The number of nitrogens with one attached hydrogen (secondary N) is 1. The van der Waals surface area contributed by atoms with E-state index in [4.69, 9.17) is 5.73 Å². The van der Waals surface area contributed by atoms with Crippen LogP contribution in [0.15, 0.2) is 23.1 Å². The molecule has 1 aromatic rings. The average molecular weight is 228 g/mol. The minimum Gasteiger partial charge on any atom is -0.399 e. The maximum atomic E-state index is 13.2. The lowest BCUT2D eigenvalue weighted by Crippen LogP contribution is -2.22. The van der Waals surface area contributed by atoms with Gasteiger partial charge in [0.15, 0.2) is 0 Å². The van der Waals surface area contributed by atoms with E-state index in [2.05, 4.69) is 5.32 Å². The lowest BCUT2D eigenvalue weighted by atomic mass is 10.3. The molecule has 0 spiro atoms. The van der Waals surface area contributed by atoms with Gasteiger partial charge in [-0.25, -0.2) is 4.39 Å². The van der Waals surface area contributed by atoms with Gasteiger partial charge in [-0.3, -0.25) is 4.79 Å². The molecule has 1 amide bonds. The summed E-state index contributed by atoms with van der Waals surface area (Å²) in [4.78, 5) is 11.1. The molecule has 0 aliphatic heterocycles. The Morgan fingerprint density at radius 3 is 2.93 bits per heavy atom. The molecular formula is C10H13FN2OS. The number of carbonyl (C=O) groups excluding carboxylic acids is 1. The Kier molecular flexibility index (Phi) is 4.42. The van der Waals surface area contributed by atoms with Gasteiger partial charge in [-0.15, -0.1) is 11.8 Å². The molecule has 1 rings (SSSR count). The van der Waals surface area contributed by atoms with E-state index >= 15 is 0 Å². The van der Waals surface area contributed by atoms with Crippen molar-refractivity contribution in [1.29, 1.82) is 0 Å². The fourth-order valence-electron chi connectivity index (χ4n) is 1.02. The van der Waals surface area contributed by atoms with Crippen LogP contribution in [0.1, 0.15) is 6.92 Å². The summed E-state index contributed by atoms with van der Waals surface area (Å²) in [7, 11) is 0. The summed E-state index contributed by atoms with van der Waals surface area (Å²) < 4.78 is 13.2. The highest BCUT2D eigenvalue weighted by Crippen LogP contribution is 2.22. The Hall–Kier alpha value is -1.23. The zero-order valence-electron chi connectivity index (χ0n) is 8.42. The standard InChI is InChI=1S/C10H13FN2OS/c1-7(14)13-4-5-15-10-3-2-8(12)6-9(10)11/h2-3,6H,4-5,12H2,1H3,(H,13,14). The van der Waals surface area contributed by atoms with Gasteiger partial charge >= 0.3 is 0 Å². The van der Waals surface area contributed by atoms with E-state index in [1.807, 2.05) is 0 Å². The third-order valence-corrected chi connectivity index (χ3v) is 2.74. The molecule has 0 radical (unpaired) electrons. The van der Waals surface area contributed by atoms with Crippen LogP contribution < -0.4 is 11.1 Å². The van der Waals surface area contributed by atoms with Gasteiger partial charge in [0.2, 0.25) is 5.91 Å². The zero-order valence-corrected chi connectivity index (χ0v) is 9.23. The van der Waals surface area contributed by atoms with Crippen molar-refractivity contribution in [3.05, 3.63) is 24.0 Å². The first-order valence-electron chi connectivity index (χ1n) is 4.52. The number of nitrogen functional groups attached to an aromatic ring is 1. The predicted molar refractivity (Wildman–Crippen MR) is 60.2 cm³/mol.